The molecule has 3 aromatic carbocycles. The van der Waals surface area contributed by atoms with Gasteiger partial charge in [-0.05, 0) is 80.2 Å². The minimum atomic E-state index is -0.219. The Labute approximate surface area is 222 Å². The number of amides is 1. The van der Waals surface area contributed by atoms with Gasteiger partial charge in [0.25, 0.3) is 5.91 Å². The highest BCUT2D eigenvalue weighted by Gasteiger charge is 2.36. The number of benzene rings is 3. The molecule has 1 aliphatic heterocycles. The van der Waals surface area contributed by atoms with Gasteiger partial charge in [0, 0.05) is 12.6 Å². The molecule has 0 aromatic heterocycles. The van der Waals surface area contributed by atoms with Gasteiger partial charge in [-0.15, -0.1) is 0 Å². The minimum Gasteiger partial charge on any atom is -0.494 e. The number of nitrogens with zero attached hydrogens (tertiary/aromatic N) is 3. The Morgan fingerprint density at radius 2 is 1.68 bits per heavy atom. The summed E-state index contributed by atoms with van der Waals surface area (Å²) in [5.74, 6) is 1.61. The van der Waals surface area contributed by atoms with E-state index < -0.39 is 0 Å². The Balaban J connectivity index is 1.58. The second kappa shape index (κ2) is 11.6. The van der Waals surface area contributed by atoms with Crippen molar-refractivity contribution in [2.45, 2.75) is 20.5 Å². The number of carbonyl (C=O) groups excluding carboxylic acids is 1. The summed E-state index contributed by atoms with van der Waals surface area (Å²) < 4.78 is 17.3. The van der Waals surface area contributed by atoms with Crippen molar-refractivity contribution in [2.24, 2.45) is 0 Å². The number of ether oxygens (including phenoxy) is 3. The van der Waals surface area contributed by atoms with Gasteiger partial charge in [-0.1, -0.05) is 24.3 Å². The molecule has 3 aromatic rings. The topological polar surface area (TPSA) is 75.0 Å². The van der Waals surface area contributed by atoms with Crippen molar-refractivity contribution in [2.75, 3.05) is 25.2 Å². The molecule has 0 aliphatic carbocycles. The van der Waals surface area contributed by atoms with Crippen LogP contribution in [0.1, 0.15) is 30.5 Å². The Morgan fingerprint density at radius 3 is 2.38 bits per heavy atom. The van der Waals surface area contributed by atoms with E-state index in [2.05, 4.69) is 6.07 Å². The maximum atomic E-state index is 13.4. The molecule has 0 atom stereocenters. The Bertz CT molecular complexity index is 1380. The zero-order chi connectivity index (χ0) is 26.4. The molecule has 188 valence electrons. The second-order valence-electron chi connectivity index (χ2n) is 8.14. The third-order valence-electron chi connectivity index (χ3n) is 5.76. The van der Waals surface area contributed by atoms with Gasteiger partial charge in [-0.25, -0.2) is 0 Å². The standard InChI is InChI=1S/C29H27N3O4S/c1-4-34-24-13-11-23(12-14-24)32-28(33)25(31(3)29(32)37)16-20-10-15-26(27(17-20)35-5-2)36-19-22-9-7-6-8-21(22)18-30/h6-17H,4-5,19H2,1-3H3/b25-16-. The minimum absolute atomic E-state index is 0.219. The molecule has 4 rings (SSSR count). The fourth-order valence-electron chi connectivity index (χ4n) is 3.91. The van der Waals surface area contributed by atoms with Crippen LogP contribution < -0.4 is 19.1 Å². The van der Waals surface area contributed by atoms with Crippen LogP contribution >= 0.6 is 12.2 Å². The van der Waals surface area contributed by atoms with Crippen LogP contribution in [0.2, 0.25) is 0 Å². The van der Waals surface area contributed by atoms with Crippen molar-refractivity contribution in [3.8, 4) is 23.3 Å². The summed E-state index contributed by atoms with van der Waals surface area (Å²) in [7, 11) is 1.77. The number of carbonyl (C=O) groups is 1. The maximum Gasteiger partial charge on any atom is 0.281 e. The lowest BCUT2D eigenvalue weighted by atomic mass is 10.1. The van der Waals surface area contributed by atoms with E-state index >= 15 is 0 Å². The van der Waals surface area contributed by atoms with Crippen LogP contribution in [0.4, 0.5) is 5.69 Å². The molecule has 0 spiro atoms. The molecular weight excluding hydrogens is 486 g/mol. The molecule has 0 radical (unpaired) electrons. The SMILES string of the molecule is CCOc1ccc(N2C(=O)/C(=C/c3ccc(OCc4ccccc4C#N)c(OCC)c3)N(C)C2=S)cc1. The summed E-state index contributed by atoms with van der Waals surface area (Å²) in [5, 5.41) is 9.72. The smallest absolute Gasteiger partial charge is 0.281 e. The third-order valence-corrected chi connectivity index (χ3v) is 6.22. The molecule has 1 amide bonds. The summed E-state index contributed by atoms with van der Waals surface area (Å²) in [4.78, 5) is 16.6. The van der Waals surface area contributed by atoms with Crippen molar-refractivity contribution in [1.29, 1.82) is 5.26 Å². The number of likely N-dealkylation sites (N-methyl/N-ethyl adjacent to an activating group) is 1. The molecule has 1 saturated heterocycles. The first-order valence-corrected chi connectivity index (χ1v) is 12.3. The van der Waals surface area contributed by atoms with E-state index in [1.165, 1.54) is 4.90 Å². The zero-order valence-corrected chi connectivity index (χ0v) is 21.7. The molecule has 0 bridgehead atoms. The number of rotatable bonds is 9. The van der Waals surface area contributed by atoms with Gasteiger partial charge >= 0.3 is 0 Å². The molecule has 8 heteroatoms. The van der Waals surface area contributed by atoms with Gasteiger partial charge in [0.05, 0.1) is 30.5 Å². The highest BCUT2D eigenvalue weighted by atomic mass is 32.1. The third kappa shape index (κ3) is 5.57. The van der Waals surface area contributed by atoms with Crippen LogP contribution in [0.3, 0.4) is 0 Å². The molecule has 7 nitrogen and oxygen atoms in total. The predicted octanol–water partition coefficient (Wildman–Crippen LogP) is 5.54. The van der Waals surface area contributed by atoms with E-state index in [0.717, 1.165) is 16.9 Å². The summed E-state index contributed by atoms with van der Waals surface area (Å²) in [5.41, 5.74) is 3.24. The summed E-state index contributed by atoms with van der Waals surface area (Å²) in [6.07, 6.45) is 1.78. The molecule has 37 heavy (non-hydrogen) atoms. The van der Waals surface area contributed by atoms with Crippen LogP contribution in [0.15, 0.2) is 72.4 Å². The fraction of sp³-hybridized carbons (Fsp3) is 0.207. The normalized spacial score (nSPS) is 14.2. The second-order valence-corrected chi connectivity index (χ2v) is 8.50. The van der Waals surface area contributed by atoms with Gasteiger partial charge < -0.3 is 19.1 Å². The van der Waals surface area contributed by atoms with Gasteiger partial charge in [0.15, 0.2) is 16.6 Å². The lowest BCUT2D eigenvalue weighted by Crippen LogP contribution is -2.31. The van der Waals surface area contributed by atoms with Crippen LogP contribution in [0, 0.1) is 11.3 Å². The Kier molecular flexibility index (Phi) is 8.06. The largest absolute Gasteiger partial charge is 0.494 e. The molecule has 1 fully saturated rings. The van der Waals surface area contributed by atoms with Crippen molar-refractivity contribution in [1.82, 2.24) is 4.90 Å². The first-order valence-electron chi connectivity index (χ1n) is 11.9. The summed E-state index contributed by atoms with van der Waals surface area (Å²) >= 11 is 5.58. The van der Waals surface area contributed by atoms with E-state index in [4.69, 9.17) is 26.4 Å². The lowest BCUT2D eigenvalue weighted by Gasteiger charge is -2.16. The quantitative estimate of drug-likeness (QED) is 0.275. The highest BCUT2D eigenvalue weighted by Crippen LogP contribution is 2.33. The van der Waals surface area contributed by atoms with Gasteiger partial charge in [-0.2, -0.15) is 5.26 Å². The number of thiocarbonyl (C=S) groups is 1. The van der Waals surface area contributed by atoms with E-state index in [1.807, 2.05) is 68.4 Å². The molecular formula is C29H27N3O4S. The monoisotopic (exact) mass is 513 g/mol. The van der Waals surface area contributed by atoms with Crippen LogP contribution in [-0.2, 0) is 11.4 Å². The van der Waals surface area contributed by atoms with E-state index in [9.17, 15) is 10.1 Å². The lowest BCUT2D eigenvalue weighted by molar-refractivity contribution is -0.114. The summed E-state index contributed by atoms with van der Waals surface area (Å²) in [6, 6.07) is 22.2. The van der Waals surface area contributed by atoms with Crippen molar-refractivity contribution in [3.63, 3.8) is 0 Å². The number of hydrogen-bond acceptors (Lipinski definition) is 6. The van der Waals surface area contributed by atoms with Crippen LogP contribution in [0.25, 0.3) is 6.08 Å². The number of anilines is 1. The van der Waals surface area contributed by atoms with Gasteiger partial charge in [-0.3, -0.25) is 9.69 Å². The Morgan fingerprint density at radius 1 is 0.946 bits per heavy atom. The average molecular weight is 514 g/mol. The van der Waals surface area contributed by atoms with E-state index in [-0.39, 0.29) is 12.5 Å². The Hall–Kier alpha value is -4.35. The van der Waals surface area contributed by atoms with Gasteiger partial charge in [0.2, 0.25) is 0 Å². The number of hydrogen-bond donors (Lipinski definition) is 0. The summed E-state index contributed by atoms with van der Waals surface area (Å²) in [6.45, 7) is 5.05. The van der Waals surface area contributed by atoms with E-state index in [1.54, 1.807) is 30.2 Å². The first kappa shape index (κ1) is 25.7. The van der Waals surface area contributed by atoms with Gasteiger partial charge in [0.1, 0.15) is 18.1 Å². The van der Waals surface area contributed by atoms with Crippen molar-refractivity contribution >= 4 is 35.0 Å². The average Bonchev–Trinajstić information content (AvgIpc) is 3.12. The van der Waals surface area contributed by atoms with Crippen LogP contribution in [-0.4, -0.2) is 36.2 Å². The zero-order valence-electron chi connectivity index (χ0n) is 20.9. The molecule has 0 saturated carbocycles. The molecule has 1 aliphatic rings. The molecule has 0 unspecified atom stereocenters. The number of nitriles is 1. The molecule has 1 heterocycles. The van der Waals surface area contributed by atoms with Crippen molar-refractivity contribution in [3.05, 3.63) is 89.1 Å². The first-order chi connectivity index (χ1) is 18.0. The fourth-order valence-corrected chi connectivity index (χ4v) is 4.20. The molecule has 0 N–H and O–H groups in total. The predicted molar refractivity (Wildman–Crippen MR) is 147 cm³/mol. The van der Waals surface area contributed by atoms with E-state index in [0.29, 0.717) is 46.8 Å². The maximum absolute atomic E-state index is 13.4. The van der Waals surface area contributed by atoms with Crippen LogP contribution in [0.5, 0.6) is 17.2 Å². The highest BCUT2D eigenvalue weighted by molar-refractivity contribution is 7.80. The van der Waals surface area contributed by atoms with Crippen molar-refractivity contribution < 1.29 is 19.0 Å².